The van der Waals surface area contributed by atoms with E-state index in [9.17, 15) is 4.79 Å². The van der Waals surface area contributed by atoms with Gasteiger partial charge in [0, 0.05) is 5.69 Å². The molecule has 0 bridgehead atoms. The van der Waals surface area contributed by atoms with Crippen LogP contribution in [-0.4, -0.2) is 15.9 Å². The van der Waals surface area contributed by atoms with Gasteiger partial charge in [-0.2, -0.15) is 0 Å². The monoisotopic (exact) mass is 163 g/mol. The number of hydrogen-bond acceptors (Lipinski definition) is 1. The molecule has 0 saturated heterocycles. The second-order valence-corrected chi connectivity index (χ2v) is 3.17. The molecular weight excluding hydrogens is 154 g/mol. The van der Waals surface area contributed by atoms with E-state index in [1.807, 2.05) is 24.3 Å². The van der Waals surface area contributed by atoms with E-state index in [0.717, 1.165) is 15.2 Å². The van der Waals surface area contributed by atoms with Gasteiger partial charge in [0.1, 0.15) is 0 Å². The van der Waals surface area contributed by atoms with Crippen LogP contribution in [0.1, 0.15) is 0 Å². The summed E-state index contributed by atoms with van der Waals surface area (Å²) in [5, 5.41) is 3.89. The van der Waals surface area contributed by atoms with Crippen molar-refractivity contribution < 1.29 is 4.79 Å². The quantitative estimate of drug-likeness (QED) is 0.514. The van der Waals surface area contributed by atoms with E-state index in [4.69, 9.17) is 0 Å². The van der Waals surface area contributed by atoms with Crippen LogP contribution in [0.4, 0.5) is 5.69 Å². The van der Waals surface area contributed by atoms with Gasteiger partial charge >= 0.3 is 0 Å². The molecule has 11 heavy (non-hydrogen) atoms. The van der Waals surface area contributed by atoms with Crippen molar-refractivity contribution in [3.8, 4) is 0 Å². The molecular formula is C8H9NOSi. The third-order valence-electron chi connectivity index (χ3n) is 1.40. The maximum Gasteiger partial charge on any atom is 0.211 e. The summed E-state index contributed by atoms with van der Waals surface area (Å²) < 4.78 is 0. The van der Waals surface area contributed by atoms with E-state index in [2.05, 4.69) is 11.9 Å². The van der Waals surface area contributed by atoms with Crippen molar-refractivity contribution in [3.63, 3.8) is 0 Å². The third kappa shape index (κ3) is 2.20. The van der Waals surface area contributed by atoms with E-state index in [0.29, 0.717) is 6.41 Å². The Morgan fingerprint density at radius 2 is 2.00 bits per heavy atom. The van der Waals surface area contributed by atoms with Gasteiger partial charge in [-0.25, -0.2) is 0 Å². The molecule has 3 heteroatoms. The van der Waals surface area contributed by atoms with E-state index >= 15 is 0 Å². The second kappa shape index (κ2) is 3.93. The van der Waals surface area contributed by atoms with Gasteiger partial charge in [-0.3, -0.25) is 4.79 Å². The van der Waals surface area contributed by atoms with Crippen LogP contribution in [0.3, 0.4) is 0 Å². The first-order valence-corrected chi connectivity index (χ1v) is 4.85. The van der Waals surface area contributed by atoms with Crippen LogP contribution in [0.25, 0.3) is 0 Å². The summed E-state index contributed by atoms with van der Waals surface area (Å²) in [6.07, 6.45) is 0.684. The zero-order valence-electron chi connectivity index (χ0n) is 6.29. The van der Waals surface area contributed by atoms with Crippen LogP contribution in [0.15, 0.2) is 24.3 Å². The fraction of sp³-hybridized carbons (Fsp3) is 0.125. The minimum absolute atomic E-state index is 0.684. The first kappa shape index (κ1) is 8.01. The lowest BCUT2D eigenvalue weighted by molar-refractivity contribution is -0.105. The number of amides is 1. The molecule has 0 aromatic heterocycles. The molecule has 2 radical (unpaired) electrons. The number of nitrogens with one attached hydrogen (secondary N) is 1. The van der Waals surface area contributed by atoms with Crippen LogP contribution in [0, 0.1) is 0 Å². The highest BCUT2D eigenvalue weighted by Gasteiger charge is 1.90. The molecule has 0 saturated carbocycles. The minimum Gasteiger partial charge on any atom is -0.329 e. The molecule has 1 aromatic rings. The molecule has 0 aliphatic rings. The lowest BCUT2D eigenvalue weighted by Crippen LogP contribution is -2.09. The standard InChI is InChI=1S/C8H9NOSi/c1-11-8-4-2-7(3-5-8)9-6-10/h2-6H,1H3,(H,9,10). The molecule has 0 aliphatic heterocycles. The van der Waals surface area contributed by atoms with Crippen molar-refractivity contribution in [2.45, 2.75) is 6.55 Å². The van der Waals surface area contributed by atoms with Crippen LogP contribution >= 0.6 is 0 Å². The van der Waals surface area contributed by atoms with Crippen molar-refractivity contribution in [3.05, 3.63) is 24.3 Å². The van der Waals surface area contributed by atoms with Gasteiger partial charge in [-0.15, -0.1) is 0 Å². The number of anilines is 1. The molecule has 1 N–H and O–H groups in total. The predicted octanol–water partition coefficient (Wildman–Crippen LogP) is 0.632. The Morgan fingerprint density at radius 3 is 2.45 bits per heavy atom. The van der Waals surface area contributed by atoms with Gasteiger partial charge < -0.3 is 5.32 Å². The third-order valence-corrected chi connectivity index (χ3v) is 2.31. The zero-order valence-corrected chi connectivity index (χ0v) is 7.29. The fourth-order valence-electron chi connectivity index (χ4n) is 0.801. The highest BCUT2D eigenvalue weighted by Crippen LogP contribution is 2.01. The van der Waals surface area contributed by atoms with E-state index in [1.165, 1.54) is 5.19 Å². The average Bonchev–Trinajstić information content (AvgIpc) is 2.07. The van der Waals surface area contributed by atoms with Crippen molar-refractivity contribution in [1.29, 1.82) is 0 Å². The summed E-state index contributed by atoms with van der Waals surface area (Å²) >= 11 is 0. The Balaban J connectivity index is 2.74. The second-order valence-electron chi connectivity index (χ2n) is 2.09. The maximum atomic E-state index is 10.0. The van der Waals surface area contributed by atoms with Crippen molar-refractivity contribution in [2.75, 3.05) is 5.32 Å². The van der Waals surface area contributed by atoms with Crippen LogP contribution in [0.5, 0.6) is 0 Å². The molecule has 0 fully saturated rings. The van der Waals surface area contributed by atoms with Crippen LogP contribution < -0.4 is 10.5 Å². The molecule has 0 unspecified atom stereocenters. The molecule has 1 amide bonds. The lowest BCUT2D eigenvalue weighted by Gasteiger charge is -1.98. The van der Waals surface area contributed by atoms with Crippen LogP contribution in [0.2, 0.25) is 6.55 Å². The summed E-state index contributed by atoms with van der Waals surface area (Å²) in [7, 11) is 0.812. The van der Waals surface area contributed by atoms with E-state index < -0.39 is 0 Å². The summed E-state index contributed by atoms with van der Waals surface area (Å²) in [4.78, 5) is 10.0. The minimum atomic E-state index is 0.684. The normalized spacial score (nSPS) is 9.18. The first-order chi connectivity index (χ1) is 5.36. The molecule has 0 spiro atoms. The molecule has 0 atom stereocenters. The Bertz CT molecular complexity index is 232. The topological polar surface area (TPSA) is 29.1 Å². The van der Waals surface area contributed by atoms with Crippen molar-refractivity contribution in [1.82, 2.24) is 0 Å². The lowest BCUT2D eigenvalue weighted by atomic mass is 10.3. The Labute approximate surface area is 68.4 Å². The van der Waals surface area contributed by atoms with E-state index in [1.54, 1.807) is 0 Å². The maximum absolute atomic E-state index is 10.0. The summed E-state index contributed by atoms with van der Waals surface area (Å²) in [5.41, 5.74) is 0.849. The fourth-order valence-corrected chi connectivity index (χ4v) is 1.30. The molecule has 0 heterocycles. The molecule has 1 aromatic carbocycles. The number of rotatable bonds is 3. The average molecular weight is 163 g/mol. The summed E-state index contributed by atoms with van der Waals surface area (Å²) in [6.45, 7) is 2.13. The molecule has 0 aliphatic carbocycles. The number of carbonyl (C=O) groups is 1. The first-order valence-electron chi connectivity index (χ1n) is 3.35. The number of hydrogen-bond donors (Lipinski definition) is 1. The Morgan fingerprint density at radius 1 is 1.36 bits per heavy atom. The Kier molecular flexibility index (Phi) is 2.86. The van der Waals surface area contributed by atoms with Crippen molar-refractivity contribution in [2.24, 2.45) is 0 Å². The SMILES string of the molecule is C[Si]c1ccc(NC=O)cc1. The van der Waals surface area contributed by atoms with Gasteiger partial charge in [-0.05, 0) is 12.1 Å². The highest BCUT2D eigenvalue weighted by molar-refractivity contribution is 6.51. The van der Waals surface area contributed by atoms with Crippen molar-refractivity contribution >= 4 is 26.8 Å². The van der Waals surface area contributed by atoms with E-state index in [-0.39, 0.29) is 0 Å². The van der Waals surface area contributed by atoms with Gasteiger partial charge in [0.15, 0.2) is 0 Å². The highest BCUT2D eigenvalue weighted by atomic mass is 28.2. The Hall–Kier alpha value is -1.09. The number of benzene rings is 1. The number of carbonyl (C=O) groups excluding carboxylic acids is 1. The molecule has 56 valence electrons. The summed E-state index contributed by atoms with van der Waals surface area (Å²) in [6, 6.07) is 7.84. The smallest absolute Gasteiger partial charge is 0.211 e. The summed E-state index contributed by atoms with van der Waals surface area (Å²) in [5.74, 6) is 0. The van der Waals surface area contributed by atoms with Gasteiger partial charge in [-0.1, -0.05) is 23.9 Å². The molecule has 1 rings (SSSR count). The van der Waals surface area contributed by atoms with Gasteiger partial charge in [0.25, 0.3) is 0 Å². The van der Waals surface area contributed by atoms with Crippen LogP contribution in [-0.2, 0) is 4.79 Å². The zero-order chi connectivity index (χ0) is 8.10. The largest absolute Gasteiger partial charge is 0.329 e. The predicted molar refractivity (Wildman–Crippen MR) is 47.4 cm³/mol. The molecule has 2 nitrogen and oxygen atoms in total. The van der Waals surface area contributed by atoms with Gasteiger partial charge in [0.2, 0.25) is 6.41 Å². The van der Waals surface area contributed by atoms with Gasteiger partial charge in [0.05, 0.1) is 9.52 Å².